The Morgan fingerprint density at radius 1 is 1.41 bits per heavy atom. The molecule has 1 amide bonds. The van der Waals surface area contributed by atoms with Gasteiger partial charge in [-0.3, -0.25) is 4.79 Å². The van der Waals surface area contributed by atoms with Gasteiger partial charge in [-0.25, -0.2) is 4.79 Å². The van der Waals surface area contributed by atoms with E-state index in [0.29, 0.717) is 31.9 Å². The summed E-state index contributed by atoms with van der Waals surface area (Å²) in [7, 11) is 0. The third-order valence-electron chi connectivity index (χ3n) is 4.55. The maximum absolute atomic E-state index is 12.4. The fourth-order valence-corrected chi connectivity index (χ4v) is 3.06. The number of aromatic nitrogens is 1. The normalized spacial score (nSPS) is 16.2. The van der Waals surface area contributed by atoms with Gasteiger partial charge < -0.3 is 24.5 Å². The van der Waals surface area contributed by atoms with Crippen LogP contribution in [0.4, 0.5) is 6.01 Å². The fourth-order valence-electron chi connectivity index (χ4n) is 3.06. The molecule has 3 rings (SSSR count). The lowest BCUT2D eigenvalue weighted by atomic mass is 9.96. The molecule has 1 aliphatic rings. The van der Waals surface area contributed by atoms with Crippen molar-refractivity contribution in [3.05, 3.63) is 36.9 Å². The lowest BCUT2D eigenvalue weighted by Gasteiger charge is -2.30. The number of aliphatic carboxylic acids is 1. The molecular formula is C19H23N3O5. The van der Waals surface area contributed by atoms with Gasteiger partial charge in [-0.2, -0.15) is 4.98 Å². The van der Waals surface area contributed by atoms with Gasteiger partial charge in [-0.05, 0) is 25.0 Å². The largest absolute Gasteiger partial charge is 0.480 e. The Morgan fingerprint density at radius 2 is 2.15 bits per heavy atom. The molecule has 1 unspecified atom stereocenters. The second kappa shape index (κ2) is 8.68. The highest BCUT2D eigenvalue weighted by atomic mass is 16.5. The van der Waals surface area contributed by atoms with Crippen molar-refractivity contribution in [1.82, 2.24) is 10.3 Å². The number of amides is 1. The summed E-state index contributed by atoms with van der Waals surface area (Å²) in [6.07, 6.45) is 2.73. The van der Waals surface area contributed by atoms with Crippen molar-refractivity contribution in [3.8, 4) is 0 Å². The number of hydrogen-bond donors (Lipinski definition) is 2. The molecule has 1 atom stereocenters. The van der Waals surface area contributed by atoms with Crippen LogP contribution < -0.4 is 10.2 Å². The zero-order chi connectivity index (χ0) is 19.2. The highest BCUT2D eigenvalue weighted by Gasteiger charge is 2.30. The number of nitrogens with one attached hydrogen (secondary N) is 1. The van der Waals surface area contributed by atoms with Crippen molar-refractivity contribution >= 4 is 29.0 Å². The first-order valence-corrected chi connectivity index (χ1v) is 8.91. The number of ether oxygens (including phenoxy) is 1. The lowest BCUT2D eigenvalue weighted by molar-refractivity contribution is -0.144. The van der Waals surface area contributed by atoms with E-state index in [2.05, 4.69) is 16.9 Å². The molecule has 0 saturated carbocycles. The molecule has 1 fully saturated rings. The third-order valence-corrected chi connectivity index (χ3v) is 4.55. The van der Waals surface area contributed by atoms with Crippen molar-refractivity contribution in [2.45, 2.75) is 18.9 Å². The SMILES string of the molecule is C=CCOCC(NC(=O)C1CCN(c2nc3ccccc3o2)CC1)C(=O)O. The van der Waals surface area contributed by atoms with Gasteiger partial charge in [0.1, 0.15) is 5.52 Å². The number of benzene rings is 1. The topological polar surface area (TPSA) is 105 Å². The summed E-state index contributed by atoms with van der Waals surface area (Å²) >= 11 is 0. The van der Waals surface area contributed by atoms with E-state index in [1.165, 1.54) is 6.08 Å². The molecule has 8 nitrogen and oxygen atoms in total. The van der Waals surface area contributed by atoms with Gasteiger partial charge in [0.25, 0.3) is 6.01 Å². The maximum atomic E-state index is 12.4. The van der Waals surface area contributed by atoms with Gasteiger partial charge in [0.15, 0.2) is 11.6 Å². The van der Waals surface area contributed by atoms with Crippen LogP contribution in [0.25, 0.3) is 11.1 Å². The fraction of sp³-hybridized carbons (Fsp3) is 0.421. The summed E-state index contributed by atoms with van der Waals surface area (Å²) in [5, 5.41) is 11.8. The zero-order valence-electron chi connectivity index (χ0n) is 15.0. The van der Waals surface area contributed by atoms with Crippen LogP contribution in [0.5, 0.6) is 0 Å². The number of fused-ring (bicyclic) bond motifs is 1. The molecule has 0 bridgehead atoms. The van der Waals surface area contributed by atoms with Crippen molar-refractivity contribution < 1.29 is 23.8 Å². The van der Waals surface area contributed by atoms with E-state index >= 15 is 0 Å². The zero-order valence-corrected chi connectivity index (χ0v) is 15.0. The molecule has 0 spiro atoms. The summed E-state index contributed by atoms with van der Waals surface area (Å²) in [6, 6.07) is 7.05. The summed E-state index contributed by atoms with van der Waals surface area (Å²) in [6.45, 7) is 4.90. The standard InChI is InChI=1S/C19H23N3O5/c1-2-11-26-12-15(18(24)25)20-17(23)13-7-9-22(10-8-13)19-21-14-5-3-4-6-16(14)27-19/h2-6,13,15H,1,7-12H2,(H,20,23)(H,24,25). The van der Waals surface area contributed by atoms with Crippen LogP contribution in [0.1, 0.15) is 12.8 Å². The van der Waals surface area contributed by atoms with E-state index in [-0.39, 0.29) is 25.0 Å². The molecule has 8 heteroatoms. The highest BCUT2D eigenvalue weighted by molar-refractivity contribution is 5.85. The molecule has 1 aromatic carbocycles. The predicted molar refractivity (Wildman–Crippen MR) is 99.5 cm³/mol. The molecule has 0 radical (unpaired) electrons. The number of carbonyl (C=O) groups excluding carboxylic acids is 1. The minimum atomic E-state index is -1.11. The number of hydrogen-bond acceptors (Lipinski definition) is 6. The summed E-state index contributed by atoms with van der Waals surface area (Å²) < 4.78 is 10.9. The number of piperidine rings is 1. The van der Waals surface area contributed by atoms with E-state index in [1.54, 1.807) is 0 Å². The number of carboxylic acids is 1. The van der Waals surface area contributed by atoms with E-state index in [4.69, 9.17) is 9.15 Å². The Kier molecular flexibility index (Phi) is 6.08. The van der Waals surface area contributed by atoms with Gasteiger partial charge in [0.2, 0.25) is 5.91 Å². The summed E-state index contributed by atoms with van der Waals surface area (Å²) in [4.78, 5) is 30.2. The van der Waals surface area contributed by atoms with Gasteiger partial charge in [0.05, 0.1) is 13.2 Å². The number of oxazole rings is 1. The predicted octanol–water partition coefficient (Wildman–Crippen LogP) is 1.82. The number of anilines is 1. The molecule has 1 aliphatic heterocycles. The number of rotatable bonds is 8. The third kappa shape index (κ3) is 4.65. The second-order valence-corrected chi connectivity index (χ2v) is 6.45. The van der Waals surface area contributed by atoms with Crippen LogP contribution >= 0.6 is 0 Å². The monoisotopic (exact) mass is 373 g/mol. The first-order chi connectivity index (χ1) is 13.1. The Bertz CT molecular complexity index is 778. The summed E-state index contributed by atoms with van der Waals surface area (Å²) in [5.74, 6) is -1.62. The van der Waals surface area contributed by atoms with Crippen molar-refractivity contribution in [2.75, 3.05) is 31.2 Å². The van der Waals surface area contributed by atoms with Gasteiger partial charge in [-0.15, -0.1) is 6.58 Å². The Morgan fingerprint density at radius 3 is 2.81 bits per heavy atom. The molecule has 2 N–H and O–H groups in total. The highest BCUT2D eigenvalue weighted by Crippen LogP contribution is 2.26. The average Bonchev–Trinajstić information content (AvgIpc) is 3.11. The number of carbonyl (C=O) groups is 2. The van der Waals surface area contributed by atoms with Gasteiger partial charge in [0, 0.05) is 19.0 Å². The minimum absolute atomic E-state index is 0.0884. The van der Waals surface area contributed by atoms with Crippen molar-refractivity contribution in [1.29, 1.82) is 0 Å². The molecule has 1 saturated heterocycles. The molecule has 144 valence electrons. The lowest BCUT2D eigenvalue weighted by Crippen LogP contribution is -2.48. The van der Waals surface area contributed by atoms with Gasteiger partial charge >= 0.3 is 5.97 Å². The number of para-hydroxylation sites is 2. The van der Waals surface area contributed by atoms with Crippen molar-refractivity contribution in [3.63, 3.8) is 0 Å². The van der Waals surface area contributed by atoms with Crippen LogP contribution in [-0.4, -0.2) is 54.3 Å². The quantitative estimate of drug-likeness (QED) is 0.537. The van der Waals surface area contributed by atoms with Gasteiger partial charge in [-0.1, -0.05) is 18.2 Å². The van der Waals surface area contributed by atoms with Crippen molar-refractivity contribution in [2.24, 2.45) is 5.92 Å². The average molecular weight is 373 g/mol. The Labute approximate surface area is 156 Å². The van der Waals surface area contributed by atoms with Crippen LogP contribution in [0.15, 0.2) is 41.3 Å². The van der Waals surface area contributed by atoms with E-state index < -0.39 is 12.0 Å². The molecule has 0 aliphatic carbocycles. The van der Waals surface area contributed by atoms with E-state index in [0.717, 1.165) is 11.1 Å². The molecule has 2 aromatic rings. The van der Waals surface area contributed by atoms with Crippen LogP contribution in [0.3, 0.4) is 0 Å². The summed E-state index contributed by atoms with van der Waals surface area (Å²) in [5.41, 5.74) is 1.53. The second-order valence-electron chi connectivity index (χ2n) is 6.45. The Balaban J connectivity index is 1.53. The van der Waals surface area contributed by atoms with E-state index in [9.17, 15) is 14.7 Å². The van der Waals surface area contributed by atoms with Crippen LogP contribution in [0.2, 0.25) is 0 Å². The minimum Gasteiger partial charge on any atom is -0.480 e. The van der Waals surface area contributed by atoms with Crippen LogP contribution in [0, 0.1) is 5.92 Å². The first kappa shape index (κ1) is 18.9. The number of carboxylic acid groups (broad SMARTS) is 1. The number of nitrogens with zero attached hydrogens (tertiary/aromatic N) is 2. The smallest absolute Gasteiger partial charge is 0.328 e. The molecule has 27 heavy (non-hydrogen) atoms. The van der Waals surface area contributed by atoms with Crippen LogP contribution in [-0.2, 0) is 14.3 Å². The Hall–Kier alpha value is -2.87. The maximum Gasteiger partial charge on any atom is 0.328 e. The van der Waals surface area contributed by atoms with E-state index in [1.807, 2.05) is 29.2 Å². The molecular weight excluding hydrogens is 350 g/mol. The molecule has 1 aromatic heterocycles. The molecule has 2 heterocycles. The first-order valence-electron chi connectivity index (χ1n) is 8.91.